The molecule has 1 unspecified atom stereocenters. The van der Waals surface area contributed by atoms with Gasteiger partial charge in [0.25, 0.3) is 10.1 Å². The Hall–Kier alpha value is -1.87. The van der Waals surface area contributed by atoms with E-state index in [0.29, 0.717) is 17.7 Å². The van der Waals surface area contributed by atoms with Crippen LogP contribution in [0.15, 0.2) is 12.3 Å². The Kier molecular flexibility index (Phi) is 4.09. The molecule has 1 aliphatic heterocycles. The van der Waals surface area contributed by atoms with Crippen LogP contribution in [0.1, 0.15) is 30.0 Å². The van der Waals surface area contributed by atoms with Crippen LogP contribution < -0.4 is 5.32 Å². The quantitative estimate of drug-likeness (QED) is 0.587. The average Bonchev–Trinajstić information content (AvgIpc) is 2.36. The molecule has 1 fully saturated rings. The first kappa shape index (κ1) is 14.5. The van der Waals surface area contributed by atoms with E-state index in [1.165, 1.54) is 6.20 Å². The molecule has 2 heterocycles. The van der Waals surface area contributed by atoms with E-state index in [1.807, 2.05) is 0 Å². The summed E-state index contributed by atoms with van der Waals surface area (Å²) in [6, 6.07) is 1.55. The lowest BCUT2D eigenvalue weighted by molar-refractivity contribution is -0.134. The third-order valence-electron chi connectivity index (χ3n) is 2.79. The lowest BCUT2D eigenvalue weighted by Crippen LogP contribution is -2.39. The summed E-state index contributed by atoms with van der Waals surface area (Å²) < 4.78 is 26.4. The summed E-state index contributed by atoms with van der Waals surface area (Å²) in [6.45, 7) is -0.243. The minimum atomic E-state index is -3.57. The smallest absolute Gasteiger partial charge is 0.264 e. The SMILES string of the molecule is CS(=O)(=O)OCc1cc(C2CCC(=O)NC2=O)cnn1. The fourth-order valence-corrected chi connectivity index (χ4v) is 2.20. The van der Waals surface area contributed by atoms with Gasteiger partial charge in [-0.25, -0.2) is 0 Å². The Bertz CT molecular complexity index is 643. The third-order valence-corrected chi connectivity index (χ3v) is 3.33. The number of aromatic nitrogens is 2. The van der Waals surface area contributed by atoms with Crippen molar-refractivity contribution in [2.45, 2.75) is 25.4 Å². The second kappa shape index (κ2) is 5.63. The normalized spacial score (nSPS) is 19.8. The first-order chi connectivity index (χ1) is 9.35. The van der Waals surface area contributed by atoms with Crippen LogP contribution in [0.25, 0.3) is 0 Å². The maximum Gasteiger partial charge on any atom is 0.264 e. The summed E-state index contributed by atoms with van der Waals surface area (Å²) in [6.07, 6.45) is 3.01. The van der Waals surface area contributed by atoms with Crippen LogP contribution in [0.3, 0.4) is 0 Å². The molecule has 108 valence electrons. The van der Waals surface area contributed by atoms with Crippen LogP contribution in [0.4, 0.5) is 0 Å². The summed E-state index contributed by atoms with van der Waals surface area (Å²) in [5.74, 6) is -1.17. The monoisotopic (exact) mass is 299 g/mol. The molecule has 1 aromatic heterocycles. The number of piperidine rings is 1. The van der Waals surface area contributed by atoms with Gasteiger partial charge in [-0.1, -0.05) is 0 Å². The highest BCUT2D eigenvalue weighted by atomic mass is 32.2. The second-order valence-corrected chi connectivity index (χ2v) is 6.09. The van der Waals surface area contributed by atoms with Gasteiger partial charge in [-0.2, -0.15) is 18.6 Å². The molecule has 0 radical (unpaired) electrons. The van der Waals surface area contributed by atoms with E-state index < -0.39 is 16.0 Å². The molecular formula is C11H13N3O5S. The molecule has 9 heteroatoms. The van der Waals surface area contributed by atoms with Crippen LogP contribution in [0.2, 0.25) is 0 Å². The standard InChI is InChI=1S/C11H13N3O5S/c1-20(17,18)19-6-8-4-7(5-12-14-8)9-2-3-10(15)13-11(9)16/h4-5,9H,2-3,6H2,1H3,(H,13,15,16). The zero-order chi connectivity index (χ0) is 14.8. The van der Waals surface area contributed by atoms with Crippen LogP contribution in [0, 0.1) is 0 Å². The van der Waals surface area contributed by atoms with Crippen molar-refractivity contribution in [3.05, 3.63) is 23.5 Å². The topological polar surface area (TPSA) is 115 Å². The molecule has 0 aliphatic carbocycles. The number of nitrogens with one attached hydrogen (secondary N) is 1. The molecule has 0 spiro atoms. The van der Waals surface area contributed by atoms with Crippen molar-refractivity contribution in [2.24, 2.45) is 0 Å². The molecule has 2 rings (SSSR count). The molecule has 1 saturated heterocycles. The van der Waals surface area contributed by atoms with Gasteiger partial charge in [-0.05, 0) is 18.1 Å². The van der Waals surface area contributed by atoms with E-state index in [-0.39, 0.29) is 24.8 Å². The molecule has 0 aromatic carbocycles. The van der Waals surface area contributed by atoms with Crippen molar-refractivity contribution in [2.75, 3.05) is 6.26 Å². The van der Waals surface area contributed by atoms with E-state index in [4.69, 9.17) is 0 Å². The molecule has 8 nitrogen and oxygen atoms in total. The van der Waals surface area contributed by atoms with E-state index >= 15 is 0 Å². The summed E-state index contributed by atoms with van der Waals surface area (Å²) in [4.78, 5) is 22.8. The van der Waals surface area contributed by atoms with Crippen molar-refractivity contribution in [1.29, 1.82) is 0 Å². The maximum absolute atomic E-state index is 11.7. The number of hydrogen-bond donors (Lipinski definition) is 1. The molecule has 1 atom stereocenters. The van der Waals surface area contributed by atoms with Gasteiger partial charge >= 0.3 is 0 Å². The van der Waals surface area contributed by atoms with Crippen LogP contribution in [0.5, 0.6) is 0 Å². The Morgan fingerprint density at radius 1 is 1.45 bits per heavy atom. The minimum absolute atomic E-state index is 0.243. The number of carbonyl (C=O) groups is 2. The predicted molar refractivity (Wildman–Crippen MR) is 66.8 cm³/mol. The lowest BCUT2D eigenvalue weighted by atomic mass is 9.91. The summed E-state index contributed by atoms with van der Waals surface area (Å²) in [7, 11) is -3.57. The largest absolute Gasteiger partial charge is 0.296 e. The Morgan fingerprint density at radius 2 is 2.20 bits per heavy atom. The Morgan fingerprint density at radius 3 is 2.85 bits per heavy atom. The van der Waals surface area contributed by atoms with Crippen LogP contribution >= 0.6 is 0 Å². The highest BCUT2D eigenvalue weighted by molar-refractivity contribution is 7.85. The molecule has 0 bridgehead atoms. The van der Waals surface area contributed by atoms with Gasteiger partial charge < -0.3 is 0 Å². The van der Waals surface area contributed by atoms with Gasteiger partial charge in [-0.15, -0.1) is 0 Å². The number of imide groups is 1. The minimum Gasteiger partial charge on any atom is -0.296 e. The molecule has 1 N–H and O–H groups in total. The van der Waals surface area contributed by atoms with E-state index in [2.05, 4.69) is 19.7 Å². The van der Waals surface area contributed by atoms with Gasteiger partial charge in [0.1, 0.15) is 6.61 Å². The maximum atomic E-state index is 11.7. The Balaban J connectivity index is 2.13. The highest BCUT2D eigenvalue weighted by Gasteiger charge is 2.28. The predicted octanol–water partition coefficient (Wildman–Crippen LogP) is -0.527. The zero-order valence-corrected chi connectivity index (χ0v) is 11.5. The Labute approximate surface area is 115 Å². The van der Waals surface area contributed by atoms with Gasteiger partial charge in [0.05, 0.1) is 24.1 Å². The van der Waals surface area contributed by atoms with Gasteiger partial charge in [0, 0.05) is 6.42 Å². The third kappa shape index (κ3) is 3.81. The average molecular weight is 299 g/mol. The fourth-order valence-electron chi connectivity index (χ4n) is 1.87. The molecular weight excluding hydrogens is 286 g/mol. The van der Waals surface area contributed by atoms with Gasteiger partial charge in [-0.3, -0.25) is 19.1 Å². The summed E-state index contributed by atoms with van der Waals surface area (Å²) >= 11 is 0. The number of rotatable bonds is 4. The van der Waals surface area contributed by atoms with Crippen molar-refractivity contribution in [3.63, 3.8) is 0 Å². The molecule has 1 aromatic rings. The van der Waals surface area contributed by atoms with Gasteiger partial charge in [0.2, 0.25) is 11.8 Å². The van der Waals surface area contributed by atoms with Crippen LogP contribution in [-0.4, -0.2) is 36.7 Å². The van der Waals surface area contributed by atoms with Crippen molar-refractivity contribution in [1.82, 2.24) is 15.5 Å². The molecule has 0 saturated carbocycles. The first-order valence-corrected chi connectivity index (χ1v) is 7.66. The number of nitrogens with zero attached hydrogens (tertiary/aromatic N) is 2. The van der Waals surface area contributed by atoms with E-state index in [9.17, 15) is 18.0 Å². The highest BCUT2D eigenvalue weighted by Crippen LogP contribution is 2.24. The number of amides is 2. The molecule has 2 amide bonds. The number of carbonyl (C=O) groups excluding carboxylic acids is 2. The lowest BCUT2D eigenvalue weighted by Gasteiger charge is -2.20. The second-order valence-electron chi connectivity index (χ2n) is 4.45. The summed E-state index contributed by atoms with van der Waals surface area (Å²) in [5.41, 5.74) is 0.884. The van der Waals surface area contributed by atoms with Crippen molar-refractivity contribution in [3.8, 4) is 0 Å². The van der Waals surface area contributed by atoms with Gasteiger partial charge in [0.15, 0.2) is 0 Å². The zero-order valence-electron chi connectivity index (χ0n) is 10.7. The molecule has 20 heavy (non-hydrogen) atoms. The van der Waals surface area contributed by atoms with Crippen LogP contribution in [-0.2, 0) is 30.5 Å². The van der Waals surface area contributed by atoms with E-state index in [1.54, 1.807) is 6.07 Å². The fraction of sp³-hybridized carbons (Fsp3) is 0.455. The van der Waals surface area contributed by atoms with Crippen molar-refractivity contribution < 1.29 is 22.2 Å². The molecule has 1 aliphatic rings. The van der Waals surface area contributed by atoms with E-state index in [0.717, 1.165) is 6.26 Å². The first-order valence-electron chi connectivity index (χ1n) is 5.85. The summed E-state index contributed by atoms with van der Waals surface area (Å²) in [5, 5.41) is 9.71. The number of hydrogen-bond acceptors (Lipinski definition) is 7. The van der Waals surface area contributed by atoms with Crippen molar-refractivity contribution >= 4 is 21.9 Å².